The minimum atomic E-state index is -0.468. The first-order chi connectivity index (χ1) is 9.74. The Kier molecular flexibility index (Phi) is 4.88. The zero-order chi connectivity index (χ0) is 15.6. The van der Waals surface area contributed by atoms with E-state index in [2.05, 4.69) is 21.2 Å². The van der Waals surface area contributed by atoms with Gasteiger partial charge >= 0.3 is 6.09 Å². The first kappa shape index (κ1) is 16.2. The molecule has 0 aromatic heterocycles. The number of hydrogen-bond acceptors (Lipinski definition) is 3. The molecule has 1 aliphatic heterocycles. The summed E-state index contributed by atoms with van der Waals surface area (Å²) in [4.78, 5) is 13.4. The summed E-state index contributed by atoms with van der Waals surface area (Å²) in [5.74, 6) is -0.265. The van der Waals surface area contributed by atoms with Crippen molar-refractivity contribution in [2.45, 2.75) is 39.0 Å². The summed E-state index contributed by atoms with van der Waals surface area (Å²) in [5.41, 5.74) is 0.413. The molecule has 0 bridgehead atoms. The van der Waals surface area contributed by atoms with E-state index in [1.165, 1.54) is 6.07 Å². The Hall–Kier alpha value is -1.14. The van der Waals surface area contributed by atoms with Crippen molar-refractivity contribution in [3.05, 3.63) is 34.1 Å². The van der Waals surface area contributed by atoms with Crippen molar-refractivity contribution in [1.29, 1.82) is 0 Å². The van der Waals surface area contributed by atoms with E-state index in [1.54, 1.807) is 11.0 Å². The molecule has 116 valence electrons. The van der Waals surface area contributed by atoms with Crippen molar-refractivity contribution < 1.29 is 13.9 Å². The van der Waals surface area contributed by atoms with Crippen LogP contribution in [0.2, 0.25) is 0 Å². The van der Waals surface area contributed by atoms with E-state index in [0.717, 1.165) is 5.56 Å². The Bertz CT molecular complexity index is 525. The standard InChI is InChI=1S/C15H20BrFN2O2/c1-15(2,3)21-14(20)19-8-11(9-19)18-7-10-4-5-12(16)13(17)6-10/h4-6,11,18H,7-9H2,1-3H3. The van der Waals surface area contributed by atoms with Crippen LogP contribution in [0.15, 0.2) is 22.7 Å². The predicted octanol–water partition coefficient (Wildman–Crippen LogP) is 3.30. The van der Waals surface area contributed by atoms with E-state index in [1.807, 2.05) is 26.8 Å². The van der Waals surface area contributed by atoms with Crippen molar-refractivity contribution in [3.63, 3.8) is 0 Å². The zero-order valence-electron chi connectivity index (χ0n) is 12.5. The quantitative estimate of drug-likeness (QED) is 0.901. The molecule has 1 N–H and O–H groups in total. The van der Waals surface area contributed by atoms with Gasteiger partial charge in [0.1, 0.15) is 11.4 Å². The number of carbonyl (C=O) groups excluding carboxylic acids is 1. The number of nitrogens with one attached hydrogen (secondary N) is 1. The summed E-state index contributed by atoms with van der Waals surface area (Å²) < 4.78 is 19.1. The molecule has 0 spiro atoms. The summed E-state index contributed by atoms with van der Waals surface area (Å²) in [5, 5.41) is 3.30. The number of halogens is 2. The largest absolute Gasteiger partial charge is 0.444 e. The van der Waals surface area contributed by atoms with Gasteiger partial charge in [0, 0.05) is 25.7 Å². The third-order valence-electron chi connectivity index (χ3n) is 3.11. The maximum Gasteiger partial charge on any atom is 0.410 e. The van der Waals surface area contributed by atoms with E-state index >= 15 is 0 Å². The van der Waals surface area contributed by atoms with Gasteiger partial charge < -0.3 is 15.0 Å². The molecule has 0 aliphatic carbocycles. The van der Waals surface area contributed by atoms with E-state index in [4.69, 9.17) is 4.74 Å². The SMILES string of the molecule is CC(C)(C)OC(=O)N1CC(NCc2ccc(Br)c(F)c2)C1. The van der Waals surface area contributed by atoms with Gasteiger partial charge in [0.15, 0.2) is 0 Å². The maximum atomic E-state index is 13.4. The second-order valence-electron chi connectivity index (χ2n) is 6.21. The Morgan fingerprint density at radius 3 is 2.71 bits per heavy atom. The molecule has 1 fully saturated rings. The zero-order valence-corrected chi connectivity index (χ0v) is 14.0. The molecule has 6 heteroatoms. The average molecular weight is 359 g/mol. The first-order valence-corrected chi connectivity index (χ1v) is 7.69. The van der Waals surface area contributed by atoms with Gasteiger partial charge in [-0.25, -0.2) is 9.18 Å². The van der Waals surface area contributed by atoms with E-state index in [9.17, 15) is 9.18 Å². The van der Waals surface area contributed by atoms with Crippen LogP contribution in [0.3, 0.4) is 0 Å². The lowest BCUT2D eigenvalue weighted by atomic mass is 10.1. The highest BCUT2D eigenvalue weighted by Crippen LogP contribution is 2.18. The van der Waals surface area contributed by atoms with Crippen LogP contribution in [0, 0.1) is 5.82 Å². The van der Waals surface area contributed by atoms with Crippen LogP contribution in [0.4, 0.5) is 9.18 Å². The molecule has 0 saturated carbocycles. The van der Waals surface area contributed by atoms with E-state index in [-0.39, 0.29) is 18.0 Å². The lowest BCUT2D eigenvalue weighted by Crippen LogP contribution is -2.60. The van der Waals surface area contributed by atoms with Crippen molar-refractivity contribution in [2.75, 3.05) is 13.1 Å². The minimum Gasteiger partial charge on any atom is -0.444 e. The van der Waals surface area contributed by atoms with Crippen molar-refractivity contribution in [1.82, 2.24) is 10.2 Å². The lowest BCUT2D eigenvalue weighted by Gasteiger charge is -2.40. The fourth-order valence-electron chi connectivity index (χ4n) is 2.00. The minimum absolute atomic E-state index is 0.226. The van der Waals surface area contributed by atoms with E-state index in [0.29, 0.717) is 24.1 Å². The van der Waals surface area contributed by atoms with Crippen LogP contribution >= 0.6 is 15.9 Å². The van der Waals surface area contributed by atoms with Gasteiger partial charge in [-0.2, -0.15) is 0 Å². The highest BCUT2D eigenvalue weighted by molar-refractivity contribution is 9.10. The van der Waals surface area contributed by atoms with Crippen LogP contribution in [-0.2, 0) is 11.3 Å². The molecule has 0 atom stereocenters. The highest BCUT2D eigenvalue weighted by atomic mass is 79.9. The van der Waals surface area contributed by atoms with Gasteiger partial charge in [-0.1, -0.05) is 6.07 Å². The molecule has 0 radical (unpaired) electrons. The number of likely N-dealkylation sites (tertiary alicyclic amines) is 1. The summed E-state index contributed by atoms with van der Waals surface area (Å²) in [7, 11) is 0. The number of hydrogen-bond donors (Lipinski definition) is 1. The van der Waals surface area contributed by atoms with Gasteiger partial charge in [-0.3, -0.25) is 0 Å². The third kappa shape index (κ3) is 4.68. The van der Waals surface area contributed by atoms with Gasteiger partial charge in [0.25, 0.3) is 0 Å². The molecular formula is C15H20BrFN2O2. The van der Waals surface area contributed by atoms with Crippen molar-refractivity contribution >= 4 is 22.0 Å². The molecule has 1 amide bonds. The average Bonchev–Trinajstić information content (AvgIpc) is 2.29. The van der Waals surface area contributed by atoms with Gasteiger partial charge in [-0.05, 0) is 54.4 Å². The lowest BCUT2D eigenvalue weighted by molar-refractivity contribution is 0.00519. The molecule has 1 heterocycles. The maximum absolute atomic E-state index is 13.4. The number of carbonyl (C=O) groups is 1. The number of nitrogens with zero attached hydrogens (tertiary/aromatic N) is 1. The summed E-state index contributed by atoms with van der Waals surface area (Å²) >= 11 is 3.13. The smallest absolute Gasteiger partial charge is 0.410 e. The normalized spacial score (nSPS) is 15.8. The van der Waals surface area contributed by atoms with Crippen molar-refractivity contribution in [3.8, 4) is 0 Å². The van der Waals surface area contributed by atoms with Gasteiger partial charge in [-0.15, -0.1) is 0 Å². The summed E-state index contributed by atoms with van der Waals surface area (Å²) in [6.45, 7) is 7.37. The van der Waals surface area contributed by atoms with Crippen LogP contribution in [0.25, 0.3) is 0 Å². The monoisotopic (exact) mass is 358 g/mol. The molecule has 0 unspecified atom stereocenters. The Balaban J connectivity index is 1.73. The van der Waals surface area contributed by atoms with Crippen molar-refractivity contribution in [2.24, 2.45) is 0 Å². The summed E-state index contributed by atoms with van der Waals surface area (Å²) in [6.07, 6.45) is -0.282. The molecule has 1 aliphatic rings. The van der Waals surface area contributed by atoms with Gasteiger partial charge in [0.05, 0.1) is 4.47 Å². The highest BCUT2D eigenvalue weighted by Gasteiger charge is 2.33. The number of benzene rings is 1. The molecule has 21 heavy (non-hydrogen) atoms. The molecule has 1 aromatic rings. The van der Waals surface area contributed by atoms with Crippen LogP contribution in [0.1, 0.15) is 26.3 Å². The second kappa shape index (κ2) is 6.32. The first-order valence-electron chi connectivity index (χ1n) is 6.90. The van der Waals surface area contributed by atoms with Crippen LogP contribution in [-0.4, -0.2) is 35.7 Å². The summed E-state index contributed by atoms with van der Waals surface area (Å²) in [6, 6.07) is 5.29. The molecular weight excluding hydrogens is 339 g/mol. The van der Waals surface area contributed by atoms with Crippen LogP contribution < -0.4 is 5.32 Å². The predicted molar refractivity (Wildman–Crippen MR) is 82.5 cm³/mol. The van der Waals surface area contributed by atoms with Gasteiger partial charge in [0.2, 0.25) is 0 Å². The fourth-order valence-corrected chi connectivity index (χ4v) is 2.24. The Labute approximate surface area is 132 Å². The molecule has 2 rings (SSSR count). The molecule has 4 nitrogen and oxygen atoms in total. The third-order valence-corrected chi connectivity index (χ3v) is 3.76. The van der Waals surface area contributed by atoms with Crippen LogP contribution in [0.5, 0.6) is 0 Å². The number of amides is 1. The number of ether oxygens (including phenoxy) is 1. The number of rotatable bonds is 3. The molecule has 1 saturated heterocycles. The van der Waals surface area contributed by atoms with E-state index < -0.39 is 5.60 Å². The molecule has 1 aromatic carbocycles. The Morgan fingerprint density at radius 1 is 1.48 bits per heavy atom. The topological polar surface area (TPSA) is 41.6 Å². The Morgan fingerprint density at radius 2 is 2.14 bits per heavy atom. The second-order valence-corrected chi connectivity index (χ2v) is 7.07. The fraction of sp³-hybridized carbons (Fsp3) is 0.533.